The smallest absolute Gasteiger partial charge is 0.170 e. The summed E-state index contributed by atoms with van der Waals surface area (Å²) in [5, 5.41) is 5.54. The van der Waals surface area contributed by atoms with Crippen molar-refractivity contribution in [3.8, 4) is 0 Å². The lowest BCUT2D eigenvalue weighted by Crippen LogP contribution is -2.22. The van der Waals surface area contributed by atoms with Gasteiger partial charge in [0.2, 0.25) is 0 Å². The molecular weight excluding hydrogens is 496 g/mol. The van der Waals surface area contributed by atoms with Crippen LogP contribution in [0.3, 0.4) is 0 Å². The van der Waals surface area contributed by atoms with E-state index in [1.807, 2.05) is 66.7 Å². The molecule has 4 aliphatic heterocycles. The third-order valence-electron chi connectivity index (χ3n) is 7.74. The van der Waals surface area contributed by atoms with Crippen LogP contribution in [0.25, 0.3) is 10.8 Å². The number of nitrogens with zero attached hydrogens (tertiary/aromatic N) is 6. The molecule has 9 rings (SSSR count). The van der Waals surface area contributed by atoms with Crippen molar-refractivity contribution in [3.63, 3.8) is 0 Å². The van der Waals surface area contributed by atoms with Gasteiger partial charge in [-0.2, -0.15) is 0 Å². The van der Waals surface area contributed by atoms with E-state index in [1.54, 1.807) is 0 Å². The second kappa shape index (κ2) is 8.00. The molecule has 0 amide bonds. The highest BCUT2D eigenvalue weighted by molar-refractivity contribution is 6.26. The summed E-state index contributed by atoms with van der Waals surface area (Å²) in [6.07, 6.45) is -0.743. The second-order valence-corrected chi connectivity index (χ2v) is 10.1. The summed E-state index contributed by atoms with van der Waals surface area (Å²) in [6, 6.07) is 32.6. The Hall–Kier alpha value is -5.50. The molecule has 0 fully saturated rings. The summed E-state index contributed by atoms with van der Waals surface area (Å²) in [5.41, 5.74) is 7.37. The van der Waals surface area contributed by atoms with E-state index in [1.165, 1.54) is 0 Å². The average Bonchev–Trinajstić information content (AvgIpc) is 3.73. The highest BCUT2D eigenvalue weighted by Crippen LogP contribution is 2.34. The van der Waals surface area contributed by atoms with Gasteiger partial charge in [0.05, 0.1) is 0 Å². The van der Waals surface area contributed by atoms with Crippen LogP contribution in [0.1, 0.15) is 45.7 Å². The van der Waals surface area contributed by atoms with Gasteiger partial charge in [-0.1, -0.05) is 97.1 Å². The molecule has 0 aliphatic carbocycles. The van der Waals surface area contributed by atoms with Crippen molar-refractivity contribution in [1.82, 2.24) is 10.3 Å². The molecule has 40 heavy (non-hydrogen) atoms. The van der Waals surface area contributed by atoms with Crippen molar-refractivity contribution in [2.24, 2.45) is 30.0 Å². The van der Waals surface area contributed by atoms with E-state index in [0.717, 1.165) is 55.5 Å². The van der Waals surface area contributed by atoms with E-state index >= 15 is 0 Å². The fourth-order valence-corrected chi connectivity index (χ4v) is 5.87. The highest BCUT2D eigenvalue weighted by Gasteiger charge is 2.31. The number of aromatic amines is 1. The molecule has 188 valence electrons. The van der Waals surface area contributed by atoms with Gasteiger partial charge in [0.1, 0.15) is 23.0 Å². The Kier molecular flexibility index (Phi) is 4.29. The third kappa shape index (κ3) is 3.07. The molecule has 0 saturated heterocycles. The Balaban J connectivity index is 1.38. The standard InChI is InChI=1S/C32H20N8/c1-2-10-18-17(9-1)25-33-26(18)38-28-21-13-5-6-14-22(21)30(35-28)40-32-24-16-8-7-15-23(24)31(36-32)39-29-20-12-4-3-11-19(20)27(34-29)37-25/h1-16,25,28H,(H,33,38)(H,34,35,36,37,39,40). The molecule has 8 heteroatoms. The molecule has 4 aromatic carbocycles. The summed E-state index contributed by atoms with van der Waals surface area (Å²) < 4.78 is 0. The summed E-state index contributed by atoms with van der Waals surface area (Å²) in [7, 11) is 0. The third-order valence-corrected chi connectivity index (χ3v) is 7.74. The van der Waals surface area contributed by atoms with Crippen molar-refractivity contribution in [3.05, 3.63) is 141 Å². The fraction of sp³-hybridized carbons (Fsp3) is 0.0625. The number of rotatable bonds is 0. The van der Waals surface area contributed by atoms with Crippen molar-refractivity contribution >= 4 is 34.1 Å². The normalized spacial score (nSPS) is 21.9. The van der Waals surface area contributed by atoms with Crippen LogP contribution in [0.4, 0.5) is 0 Å². The summed E-state index contributed by atoms with van der Waals surface area (Å²) in [6.45, 7) is 0. The summed E-state index contributed by atoms with van der Waals surface area (Å²) >= 11 is 0. The summed E-state index contributed by atoms with van der Waals surface area (Å²) in [5.74, 6) is 2.58. The first-order valence-corrected chi connectivity index (χ1v) is 13.2. The number of hydrogen-bond donors (Lipinski definition) is 2. The molecule has 0 spiro atoms. The quantitative estimate of drug-likeness (QED) is 0.318. The number of nitrogens with one attached hydrogen (secondary N) is 2. The zero-order chi connectivity index (χ0) is 26.2. The lowest BCUT2D eigenvalue weighted by Gasteiger charge is -2.08. The highest BCUT2D eigenvalue weighted by atomic mass is 15.2. The van der Waals surface area contributed by atoms with Crippen LogP contribution in [-0.2, 0) is 0 Å². The first-order chi connectivity index (χ1) is 19.8. The van der Waals surface area contributed by atoms with Crippen molar-refractivity contribution in [1.29, 1.82) is 0 Å². The van der Waals surface area contributed by atoms with Gasteiger partial charge in [-0.05, 0) is 0 Å². The molecule has 4 aliphatic rings. The first kappa shape index (κ1) is 21.4. The topological polar surface area (TPSA) is 102 Å². The molecule has 0 saturated carbocycles. The van der Waals surface area contributed by atoms with Crippen molar-refractivity contribution < 1.29 is 0 Å². The monoisotopic (exact) mass is 516 g/mol. The number of aromatic nitrogens is 1. The minimum absolute atomic E-state index is 0.313. The fourth-order valence-electron chi connectivity index (χ4n) is 5.87. The van der Waals surface area contributed by atoms with Gasteiger partial charge in [-0.15, -0.1) is 0 Å². The first-order valence-electron chi connectivity index (χ1n) is 13.2. The predicted molar refractivity (Wildman–Crippen MR) is 155 cm³/mol. The zero-order valence-electron chi connectivity index (χ0n) is 21.1. The lowest BCUT2D eigenvalue weighted by atomic mass is 10.1. The predicted octanol–water partition coefficient (Wildman–Crippen LogP) is 4.14. The Labute approximate surface area is 228 Å². The van der Waals surface area contributed by atoms with Crippen LogP contribution < -0.4 is 16.3 Å². The molecule has 2 atom stereocenters. The van der Waals surface area contributed by atoms with E-state index in [0.29, 0.717) is 23.0 Å². The Morgan fingerprint density at radius 1 is 0.475 bits per heavy atom. The lowest BCUT2D eigenvalue weighted by molar-refractivity contribution is 0.677. The molecule has 8 bridgehead atoms. The van der Waals surface area contributed by atoms with Crippen LogP contribution in [0.5, 0.6) is 0 Å². The maximum Gasteiger partial charge on any atom is 0.170 e. The minimum atomic E-state index is -0.430. The van der Waals surface area contributed by atoms with Gasteiger partial charge in [-0.25, -0.2) is 30.0 Å². The number of amidine groups is 4. The number of H-pyrrole nitrogens is 1. The molecular formula is C32H20N8. The maximum absolute atomic E-state index is 5.15. The zero-order valence-corrected chi connectivity index (χ0v) is 21.1. The number of fused-ring (bicyclic) bond motifs is 18. The van der Waals surface area contributed by atoms with Crippen LogP contribution in [0, 0.1) is 0 Å². The Bertz CT molecular complexity index is 2160. The number of benzene rings is 4. The van der Waals surface area contributed by atoms with Gasteiger partial charge in [0, 0.05) is 44.2 Å². The van der Waals surface area contributed by atoms with E-state index in [-0.39, 0.29) is 6.17 Å². The van der Waals surface area contributed by atoms with Crippen molar-refractivity contribution in [2.45, 2.75) is 12.3 Å². The molecule has 5 aromatic rings. The van der Waals surface area contributed by atoms with Gasteiger partial charge >= 0.3 is 0 Å². The van der Waals surface area contributed by atoms with E-state index < -0.39 is 6.17 Å². The van der Waals surface area contributed by atoms with Gasteiger partial charge in [0.15, 0.2) is 23.7 Å². The molecule has 2 N–H and O–H groups in total. The summed E-state index contributed by atoms with van der Waals surface area (Å²) in [4.78, 5) is 33.7. The van der Waals surface area contributed by atoms with Gasteiger partial charge in [0.25, 0.3) is 0 Å². The van der Waals surface area contributed by atoms with E-state index in [2.05, 4.69) is 40.6 Å². The maximum atomic E-state index is 5.15. The van der Waals surface area contributed by atoms with Gasteiger partial charge < -0.3 is 10.3 Å². The molecule has 5 heterocycles. The Morgan fingerprint density at radius 3 is 1.88 bits per heavy atom. The second-order valence-electron chi connectivity index (χ2n) is 10.1. The number of hydrogen-bond acceptors (Lipinski definition) is 7. The van der Waals surface area contributed by atoms with Crippen LogP contribution in [-0.4, -0.2) is 28.3 Å². The van der Waals surface area contributed by atoms with Crippen LogP contribution in [0.15, 0.2) is 127 Å². The molecule has 2 unspecified atom stereocenters. The molecule has 8 nitrogen and oxygen atoms in total. The van der Waals surface area contributed by atoms with Crippen LogP contribution in [0.2, 0.25) is 0 Å². The minimum Gasteiger partial charge on any atom is -0.344 e. The number of aliphatic imine (C=N–C) groups is 4. The SMILES string of the molecule is c1ccc2c(c1)C1=NC2=NC2=NC(/N=C3\NC(/N=c4\[nH]c(c5ccccc45)=N1)c1ccccc13)c1ccccc12. The molecule has 1 aromatic heterocycles. The van der Waals surface area contributed by atoms with Crippen molar-refractivity contribution in [2.75, 3.05) is 0 Å². The average molecular weight is 517 g/mol. The van der Waals surface area contributed by atoms with Crippen LogP contribution >= 0.6 is 0 Å². The molecule has 0 radical (unpaired) electrons. The Morgan fingerprint density at radius 2 is 1.07 bits per heavy atom. The van der Waals surface area contributed by atoms with E-state index in [4.69, 9.17) is 30.0 Å². The largest absolute Gasteiger partial charge is 0.344 e. The van der Waals surface area contributed by atoms with E-state index in [9.17, 15) is 0 Å². The van der Waals surface area contributed by atoms with Gasteiger partial charge in [-0.3, -0.25) is 0 Å².